The van der Waals surface area contributed by atoms with Crippen molar-refractivity contribution in [3.05, 3.63) is 287 Å². The van der Waals surface area contributed by atoms with Crippen molar-refractivity contribution in [2.75, 3.05) is 52.9 Å². The first-order valence-electron chi connectivity index (χ1n) is 26.0. The molecule has 0 aliphatic carbocycles. The lowest BCUT2D eigenvalue weighted by atomic mass is 10.1. The van der Waals surface area contributed by atoms with E-state index in [2.05, 4.69) is 257 Å². The third-order valence-electron chi connectivity index (χ3n) is 14.9. The summed E-state index contributed by atoms with van der Waals surface area (Å²) in [4.78, 5) is 0. The highest BCUT2D eigenvalue weighted by molar-refractivity contribution is 5.20. The molecule has 0 fully saturated rings. The third-order valence-corrected chi connectivity index (χ3v) is 14.9. The molecule has 1 atom stereocenters. The van der Waals surface area contributed by atoms with Gasteiger partial charge in [-0.15, -0.1) is 0 Å². The Morgan fingerprint density at radius 1 is 0.214 bits per heavy atom. The molecule has 8 aromatic carbocycles. The Morgan fingerprint density at radius 2 is 0.414 bits per heavy atom. The van der Waals surface area contributed by atoms with Crippen molar-refractivity contribution < 1.29 is 17.9 Å². The minimum absolute atomic E-state index is 0.934. The van der Waals surface area contributed by atoms with E-state index in [1.165, 1.54) is 44.5 Å². The largest absolute Gasteiger partial charge is 0.314 e. The molecule has 0 aromatic heterocycles. The quantitative estimate of drug-likeness (QED) is 0.0451. The molecule has 1 unspecified atom stereocenters. The van der Waals surface area contributed by atoms with Crippen LogP contribution in [0.1, 0.15) is 57.9 Å². The average Bonchev–Trinajstić information content (AvgIpc) is 3.39. The van der Waals surface area contributed by atoms with Gasteiger partial charge in [0.05, 0.1) is 13.6 Å². The summed E-state index contributed by atoms with van der Waals surface area (Å²) >= 11 is 0. The van der Waals surface area contributed by atoms with E-state index in [0.717, 1.165) is 123 Å². The lowest BCUT2D eigenvalue weighted by Crippen LogP contribution is -2.63. The van der Waals surface area contributed by atoms with Gasteiger partial charge < -0.3 is 17.9 Å². The van der Waals surface area contributed by atoms with Crippen LogP contribution in [0.5, 0.6) is 0 Å². The van der Waals surface area contributed by atoms with Crippen LogP contribution >= 0.6 is 0 Å². The molecular weight excluding hydrogens is 849 g/mol. The smallest absolute Gasteiger partial charge is 0.129 e. The van der Waals surface area contributed by atoms with Crippen LogP contribution in [-0.2, 0) is 52.4 Å². The molecule has 0 radical (unpaired) electrons. The zero-order valence-electron chi connectivity index (χ0n) is 42.2. The first-order chi connectivity index (χ1) is 34.3. The van der Waals surface area contributed by atoms with Gasteiger partial charge in [-0.25, -0.2) is 0 Å². The molecule has 358 valence electrons. The van der Waals surface area contributed by atoms with Crippen molar-refractivity contribution in [3.63, 3.8) is 0 Å². The van der Waals surface area contributed by atoms with Gasteiger partial charge in [0, 0.05) is 44.5 Å². The summed E-state index contributed by atoms with van der Waals surface area (Å²) in [6.45, 7) is 17.8. The summed E-state index contributed by atoms with van der Waals surface area (Å²) in [5.41, 5.74) is 11.3. The van der Waals surface area contributed by atoms with Crippen molar-refractivity contribution in [2.24, 2.45) is 0 Å². The van der Waals surface area contributed by atoms with Crippen molar-refractivity contribution in [2.45, 2.75) is 65.7 Å². The SMILES string of the molecule is CCC[N+](CC[N+](CC[N+](C)(Cc1ccccc1)Cc1ccccc1)(CC[N+](Cc1ccccc1)(Cc1ccccc1)Cc1ccccc1)Cc1ccccc1)(Cc1ccccc1)Cc1ccccc1. The van der Waals surface area contributed by atoms with E-state index in [4.69, 9.17) is 0 Å². The van der Waals surface area contributed by atoms with Crippen molar-refractivity contribution in [1.82, 2.24) is 0 Å². The molecule has 0 bridgehead atoms. The van der Waals surface area contributed by atoms with Crippen LogP contribution in [0, 0.1) is 0 Å². The number of rotatable bonds is 27. The average molecular weight is 927 g/mol. The number of quaternary nitrogens is 4. The second-order valence-electron chi connectivity index (χ2n) is 20.9. The number of hydrogen-bond donors (Lipinski definition) is 0. The Bertz CT molecular complexity index is 2480. The minimum Gasteiger partial charge on any atom is -0.314 e. The van der Waals surface area contributed by atoms with E-state index in [-0.39, 0.29) is 0 Å². The highest BCUT2D eigenvalue weighted by Gasteiger charge is 2.41. The van der Waals surface area contributed by atoms with Crippen LogP contribution in [0.25, 0.3) is 0 Å². The Balaban J connectivity index is 1.26. The number of nitrogens with zero attached hydrogens (tertiary/aromatic N) is 4. The summed E-state index contributed by atoms with van der Waals surface area (Å²) in [6.07, 6.45) is 1.13. The van der Waals surface area contributed by atoms with E-state index in [0.29, 0.717) is 0 Å². The van der Waals surface area contributed by atoms with E-state index in [1.807, 2.05) is 0 Å². The van der Waals surface area contributed by atoms with Gasteiger partial charge in [0.1, 0.15) is 91.6 Å². The second kappa shape index (κ2) is 24.9. The van der Waals surface area contributed by atoms with Crippen LogP contribution < -0.4 is 0 Å². The molecule has 4 nitrogen and oxygen atoms in total. The summed E-state index contributed by atoms with van der Waals surface area (Å²) in [6, 6.07) is 90.7. The monoisotopic (exact) mass is 927 g/mol. The van der Waals surface area contributed by atoms with Gasteiger partial charge in [-0.2, -0.15) is 0 Å². The summed E-state index contributed by atoms with van der Waals surface area (Å²) < 4.78 is 3.91. The minimum atomic E-state index is 0.934. The van der Waals surface area contributed by atoms with Crippen molar-refractivity contribution >= 4 is 0 Å². The molecule has 0 aliphatic heterocycles. The lowest BCUT2D eigenvalue weighted by Gasteiger charge is -2.47. The first-order valence-corrected chi connectivity index (χ1v) is 26.0. The fourth-order valence-electron chi connectivity index (χ4n) is 11.3. The van der Waals surface area contributed by atoms with Crippen molar-refractivity contribution in [1.29, 1.82) is 0 Å². The van der Waals surface area contributed by atoms with Gasteiger partial charge in [0.25, 0.3) is 0 Å². The molecule has 4 heteroatoms. The van der Waals surface area contributed by atoms with E-state index < -0.39 is 0 Å². The van der Waals surface area contributed by atoms with Crippen LogP contribution in [-0.4, -0.2) is 70.8 Å². The van der Waals surface area contributed by atoms with Gasteiger partial charge in [0.2, 0.25) is 0 Å². The van der Waals surface area contributed by atoms with E-state index >= 15 is 0 Å². The standard InChI is InChI=1S/C66H78N4/c1-3-44-69(54-62-34-18-7-19-35-62,55-63-36-20-8-21-37-63)49-47-68(53-61-32-16-6-17-33-61,46-45-67(2,51-59-28-12-4-13-29-59)52-60-30-14-5-15-31-60)48-50-70(56-64-38-22-9-23-39-64,57-65-40-24-10-25-41-65)58-66-42-26-11-27-43-66/h4-43H,3,44-58H2,1-2H3/q+4. The van der Waals surface area contributed by atoms with E-state index in [9.17, 15) is 0 Å². The molecular formula is C66H78N4+4. The van der Waals surface area contributed by atoms with Gasteiger partial charge in [-0.1, -0.05) is 250 Å². The maximum Gasteiger partial charge on any atom is 0.129 e. The lowest BCUT2D eigenvalue weighted by molar-refractivity contribution is -1.04. The van der Waals surface area contributed by atoms with Gasteiger partial charge in [0.15, 0.2) is 0 Å². The predicted molar refractivity (Wildman–Crippen MR) is 292 cm³/mol. The summed E-state index contributed by atoms with van der Waals surface area (Å²) in [7, 11) is 2.53. The highest BCUT2D eigenvalue weighted by Crippen LogP contribution is 2.30. The number of hydrogen-bond acceptors (Lipinski definition) is 0. The summed E-state index contributed by atoms with van der Waals surface area (Å²) in [5.74, 6) is 0. The maximum absolute atomic E-state index is 2.53. The molecule has 0 N–H and O–H groups in total. The number of benzene rings is 8. The zero-order valence-corrected chi connectivity index (χ0v) is 42.2. The molecule has 0 saturated heterocycles. The highest BCUT2D eigenvalue weighted by atomic mass is 15.5. The molecule has 8 aromatic rings. The molecule has 0 heterocycles. The maximum atomic E-state index is 2.53. The summed E-state index contributed by atoms with van der Waals surface area (Å²) in [5, 5.41) is 0. The zero-order chi connectivity index (χ0) is 48.2. The van der Waals surface area contributed by atoms with Crippen LogP contribution in [0.2, 0.25) is 0 Å². The first kappa shape index (κ1) is 50.0. The Labute approximate surface area is 421 Å². The van der Waals surface area contributed by atoms with Crippen LogP contribution in [0.15, 0.2) is 243 Å². The van der Waals surface area contributed by atoms with Crippen LogP contribution in [0.4, 0.5) is 0 Å². The molecule has 8 rings (SSSR count). The van der Waals surface area contributed by atoms with Gasteiger partial charge in [-0.05, 0) is 6.42 Å². The Hall–Kier alpha value is -6.40. The molecule has 0 spiro atoms. The fraction of sp³-hybridized carbons (Fsp3) is 0.273. The van der Waals surface area contributed by atoms with Gasteiger partial charge in [-0.3, -0.25) is 0 Å². The fourth-order valence-corrected chi connectivity index (χ4v) is 11.3. The Morgan fingerprint density at radius 3 is 0.686 bits per heavy atom. The number of likely N-dealkylation sites (N-methyl/N-ethyl adjacent to an activating group) is 1. The third kappa shape index (κ3) is 15.1. The molecule has 0 saturated carbocycles. The predicted octanol–water partition coefficient (Wildman–Crippen LogP) is 13.9. The Kier molecular flexibility index (Phi) is 17.8. The van der Waals surface area contributed by atoms with E-state index in [1.54, 1.807) is 0 Å². The van der Waals surface area contributed by atoms with Gasteiger partial charge >= 0.3 is 0 Å². The molecule has 0 amide bonds. The van der Waals surface area contributed by atoms with Crippen LogP contribution in [0.3, 0.4) is 0 Å². The molecule has 0 aliphatic rings. The second-order valence-corrected chi connectivity index (χ2v) is 20.9. The molecule has 70 heavy (non-hydrogen) atoms. The van der Waals surface area contributed by atoms with Crippen molar-refractivity contribution in [3.8, 4) is 0 Å². The normalized spacial score (nSPS) is 12.9. The topological polar surface area (TPSA) is 0 Å².